The number of benzene rings is 1. The average molecular weight is 344 g/mol. The minimum Gasteiger partial charge on any atom is -0.267 e. The minimum absolute atomic E-state index is 0.490. The number of nitrogens with zero attached hydrogens (tertiary/aromatic N) is 2. The number of hydrogen-bond donors (Lipinski definition) is 0. The van der Waals surface area contributed by atoms with Crippen LogP contribution in [0.3, 0.4) is 0 Å². The molecule has 0 aromatic heterocycles. The molecule has 0 bridgehead atoms. The zero-order valence-corrected chi connectivity index (χ0v) is 14.9. The van der Waals surface area contributed by atoms with E-state index in [1.54, 1.807) is 0 Å². The Morgan fingerprint density at radius 3 is 2.52 bits per heavy atom. The molecule has 3 nitrogen and oxygen atoms in total. The van der Waals surface area contributed by atoms with Gasteiger partial charge in [-0.3, -0.25) is 4.79 Å². The van der Waals surface area contributed by atoms with E-state index in [0.717, 1.165) is 34.0 Å². The van der Waals surface area contributed by atoms with Gasteiger partial charge in [-0.15, -0.1) is 0 Å². The third-order valence-electron chi connectivity index (χ3n) is 4.17. The van der Waals surface area contributed by atoms with Gasteiger partial charge in [0.2, 0.25) is 0 Å². The number of hydrogen-bond acceptors (Lipinski definition) is 2. The van der Waals surface area contributed by atoms with Crippen molar-refractivity contribution < 1.29 is 13.6 Å². The van der Waals surface area contributed by atoms with E-state index >= 15 is 0 Å². The average Bonchev–Trinajstić information content (AvgIpc) is 2.90. The molecule has 1 aliphatic rings. The number of rotatable bonds is 4. The van der Waals surface area contributed by atoms with Crippen LogP contribution in [0.25, 0.3) is 0 Å². The number of halogens is 2. The van der Waals surface area contributed by atoms with Crippen LogP contribution >= 0.6 is 0 Å². The molecule has 2 rings (SSSR count). The normalized spacial score (nSPS) is 17.9. The molecule has 0 atom stereocenters. The maximum Gasteiger partial charge on any atom is 0.280 e. The van der Waals surface area contributed by atoms with E-state index in [4.69, 9.17) is 0 Å². The molecule has 0 saturated carbocycles. The number of aryl methyl sites for hydroxylation is 1. The second kappa shape index (κ2) is 7.13. The van der Waals surface area contributed by atoms with Crippen LogP contribution in [0.5, 0.6) is 0 Å². The Morgan fingerprint density at radius 1 is 1.32 bits per heavy atom. The van der Waals surface area contributed by atoms with Gasteiger partial charge in [0, 0.05) is 12.0 Å². The highest BCUT2D eigenvalue weighted by Crippen LogP contribution is 2.33. The third kappa shape index (κ3) is 3.60. The molecule has 5 heteroatoms. The smallest absolute Gasteiger partial charge is 0.267 e. The first-order valence-corrected chi connectivity index (χ1v) is 8.05. The van der Waals surface area contributed by atoms with E-state index in [2.05, 4.69) is 11.7 Å². The van der Waals surface area contributed by atoms with E-state index in [-0.39, 0.29) is 0 Å². The fourth-order valence-electron chi connectivity index (χ4n) is 2.81. The number of hydrazone groups is 1. The Kier molecular flexibility index (Phi) is 5.36. The summed E-state index contributed by atoms with van der Waals surface area (Å²) in [6.45, 7) is 10.3. The SMILES string of the molecule is C=C/C(F)=C(C(=O)N1N=C(c2ccccc2C)CC1(C)C)\C(F)=C/C. The first-order chi connectivity index (χ1) is 11.7. The van der Waals surface area contributed by atoms with Crippen LogP contribution in [0.4, 0.5) is 8.78 Å². The summed E-state index contributed by atoms with van der Waals surface area (Å²) in [4.78, 5) is 12.8. The van der Waals surface area contributed by atoms with Crippen molar-refractivity contribution in [3.05, 3.63) is 71.4 Å². The summed E-state index contributed by atoms with van der Waals surface area (Å²) in [6.07, 6.45) is 2.36. The van der Waals surface area contributed by atoms with Crippen molar-refractivity contribution in [2.75, 3.05) is 0 Å². The van der Waals surface area contributed by atoms with E-state index in [9.17, 15) is 13.6 Å². The summed E-state index contributed by atoms with van der Waals surface area (Å²) in [6, 6.07) is 7.69. The predicted octanol–water partition coefficient (Wildman–Crippen LogP) is 4.99. The maximum absolute atomic E-state index is 14.1. The first kappa shape index (κ1) is 18.8. The summed E-state index contributed by atoms with van der Waals surface area (Å²) in [5.41, 5.74) is 1.32. The maximum atomic E-state index is 14.1. The van der Waals surface area contributed by atoms with E-state index in [1.165, 1.54) is 6.92 Å². The van der Waals surface area contributed by atoms with Crippen LogP contribution in [0.15, 0.2) is 65.3 Å². The Labute approximate surface area is 147 Å². The highest BCUT2D eigenvalue weighted by Gasteiger charge is 2.41. The van der Waals surface area contributed by atoms with Crippen molar-refractivity contribution in [3.63, 3.8) is 0 Å². The van der Waals surface area contributed by atoms with Crippen LogP contribution in [0.2, 0.25) is 0 Å². The van der Waals surface area contributed by atoms with Crippen molar-refractivity contribution >= 4 is 11.6 Å². The molecule has 0 fully saturated rings. The van der Waals surface area contributed by atoms with Gasteiger partial charge in [0.25, 0.3) is 5.91 Å². The Bertz CT molecular complexity index is 804. The van der Waals surface area contributed by atoms with Crippen LogP contribution < -0.4 is 0 Å². The Morgan fingerprint density at radius 2 is 1.96 bits per heavy atom. The largest absolute Gasteiger partial charge is 0.280 e. The molecular weight excluding hydrogens is 322 g/mol. The van der Waals surface area contributed by atoms with Crippen LogP contribution in [-0.2, 0) is 4.79 Å². The van der Waals surface area contributed by atoms with Gasteiger partial charge in [0.15, 0.2) is 0 Å². The fourth-order valence-corrected chi connectivity index (χ4v) is 2.81. The van der Waals surface area contributed by atoms with Crippen LogP contribution in [-0.4, -0.2) is 22.2 Å². The second-order valence-electron chi connectivity index (χ2n) is 6.53. The van der Waals surface area contributed by atoms with Gasteiger partial charge in [-0.05, 0) is 39.3 Å². The number of amides is 1. The molecule has 1 amide bonds. The number of allylic oxidation sites excluding steroid dienone is 3. The summed E-state index contributed by atoms with van der Waals surface area (Å²) in [7, 11) is 0. The molecule has 1 aliphatic heterocycles. The van der Waals surface area contributed by atoms with Crippen molar-refractivity contribution in [1.29, 1.82) is 0 Å². The van der Waals surface area contributed by atoms with Crippen LogP contribution in [0.1, 0.15) is 38.3 Å². The third-order valence-corrected chi connectivity index (χ3v) is 4.17. The molecule has 1 aromatic rings. The van der Waals surface area contributed by atoms with E-state index < -0.39 is 28.7 Å². The lowest BCUT2D eigenvalue weighted by Gasteiger charge is -2.29. The molecule has 0 N–H and O–H groups in total. The monoisotopic (exact) mass is 344 g/mol. The molecule has 1 aromatic carbocycles. The minimum atomic E-state index is -1.00. The quantitative estimate of drug-likeness (QED) is 0.559. The summed E-state index contributed by atoms with van der Waals surface area (Å²) in [5.74, 6) is -2.75. The van der Waals surface area contributed by atoms with Gasteiger partial charge < -0.3 is 0 Å². The van der Waals surface area contributed by atoms with E-state index in [1.807, 2.05) is 45.0 Å². The number of carbonyl (C=O) groups is 1. The lowest BCUT2D eigenvalue weighted by atomic mass is 9.92. The van der Waals surface area contributed by atoms with Crippen molar-refractivity contribution in [2.45, 2.75) is 39.7 Å². The fraction of sp³-hybridized carbons (Fsp3) is 0.300. The van der Waals surface area contributed by atoms with Gasteiger partial charge >= 0.3 is 0 Å². The summed E-state index contributed by atoms with van der Waals surface area (Å²) in [5, 5.41) is 5.56. The Balaban J connectivity index is 2.51. The van der Waals surface area contributed by atoms with Gasteiger partial charge in [-0.25, -0.2) is 13.8 Å². The highest BCUT2D eigenvalue weighted by molar-refractivity contribution is 6.07. The molecule has 1 heterocycles. The molecule has 0 spiro atoms. The lowest BCUT2D eigenvalue weighted by Crippen LogP contribution is -2.41. The lowest BCUT2D eigenvalue weighted by molar-refractivity contribution is -0.131. The topological polar surface area (TPSA) is 32.7 Å². The van der Waals surface area contributed by atoms with Gasteiger partial charge in [-0.1, -0.05) is 36.9 Å². The number of carbonyl (C=O) groups excluding carboxylic acids is 1. The van der Waals surface area contributed by atoms with Crippen molar-refractivity contribution in [2.24, 2.45) is 5.10 Å². The molecule has 25 heavy (non-hydrogen) atoms. The second-order valence-corrected chi connectivity index (χ2v) is 6.53. The molecule has 0 aliphatic carbocycles. The predicted molar refractivity (Wildman–Crippen MR) is 96.5 cm³/mol. The summed E-state index contributed by atoms with van der Waals surface area (Å²) >= 11 is 0. The van der Waals surface area contributed by atoms with Crippen molar-refractivity contribution in [1.82, 2.24) is 5.01 Å². The van der Waals surface area contributed by atoms with Gasteiger partial charge in [0.1, 0.15) is 17.2 Å². The standard InChI is InChI=1S/C20H22F2N2O/c1-6-15(21)18(16(22)7-2)19(25)24-20(4,5)12-17(23-24)14-11-9-8-10-13(14)3/h6-11H,1,12H2,2-5H3/b16-7+,18-15-. The molecular formula is C20H22F2N2O. The molecule has 0 radical (unpaired) electrons. The first-order valence-electron chi connectivity index (χ1n) is 8.05. The zero-order valence-electron chi connectivity index (χ0n) is 14.9. The molecule has 0 unspecified atom stereocenters. The highest BCUT2D eigenvalue weighted by atomic mass is 19.1. The van der Waals surface area contributed by atoms with Crippen LogP contribution in [0, 0.1) is 6.92 Å². The van der Waals surface area contributed by atoms with Gasteiger partial charge in [0.05, 0.1) is 11.3 Å². The summed E-state index contributed by atoms with van der Waals surface area (Å²) < 4.78 is 28.2. The van der Waals surface area contributed by atoms with E-state index in [0.29, 0.717) is 6.42 Å². The molecule has 0 saturated heterocycles. The zero-order chi connectivity index (χ0) is 18.8. The molecule has 132 valence electrons. The van der Waals surface area contributed by atoms with Crippen molar-refractivity contribution in [3.8, 4) is 0 Å². The Hall–Kier alpha value is -2.56. The van der Waals surface area contributed by atoms with Gasteiger partial charge in [-0.2, -0.15) is 5.10 Å².